The van der Waals surface area contributed by atoms with Crippen LogP contribution in [-0.4, -0.2) is 29.0 Å². The van der Waals surface area contributed by atoms with Gasteiger partial charge in [-0.15, -0.1) is 0 Å². The van der Waals surface area contributed by atoms with E-state index in [1.54, 1.807) is 12.4 Å². The van der Waals surface area contributed by atoms with Crippen LogP contribution in [-0.2, 0) is 0 Å². The molecule has 1 saturated heterocycles. The number of aromatic nitrogens is 2. The zero-order chi connectivity index (χ0) is 13.8. The second-order valence-corrected chi connectivity index (χ2v) is 4.99. The number of carbonyl (C=O) groups is 1. The lowest BCUT2D eigenvalue weighted by Gasteiger charge is -2.28. The van der Waals surface area contributed by atoms with Crippen molar-refractivity contribution in [2.24, 2.45) is 0 Å². The number of piperidine rings is 1. The molecule has 1 amide bonds. The smallest absolute Gasteiger partial charge is 0.291 e. The highest BCUT2D eigenvalue weighted by atomic mass is 16.2. The molecule has 1 aliphatic rings. The van der Waals surface area contributed by atoms with Gasteiger partial charge in [0.2, 0.25) is 0 Å². The van der Waals surface area contributed by atoms with Crippen LogP contribution in [0.15, 0.2) is 36.7 Å². The van der Waals surface area contributed by atoms with E-state index in [9.17, 15) is 4.79 Å². The van der Waals surface area contributed by atoms with Gasteiger partial charge in [-0.05, 0) is 43.5 Å². The highest BCUT2D eigenvalue weighted by molar-refractivity contribution is 6.01. The first-order chi connectivity index (χ1) is 9.83. The van der Waals surface area contributed by atoms with E-state index in [2.05, 4.69) is 32.3 Å². The fourth-order valence-corrected chi connectivity index (χ4v) is 2.49. The van der Waals surface area contributed by atoms with E-state index in [1.165, 1.54) is 24.9 Å². The summed E-state index contributed by atoms with van der Waals surface area (Å²) in [4.78, 5) is 21.0. The number of nitrogens with zero attached hydrogens (tertiary/aromatic N) is 2. The van der Waals surface area contributed by atoms with Gasteiger partial charge < -0.3 is 15.2 Å². The maximum atomic E-state index is 11.8. The molecule has 0 bridgehead atoms. The Labute approximate surface area is 118 Å². The number of rotatable bonds is 3. The number of benzene rings is 1. The Hall–Kier alpha value is -2.30. The van der Waals surface area contributed by atoms with Gasteiger partial charge in [-0.2, -0.15) is 0 Å². The number of carbonyl (C=O) groups excluding carboxylic acids is 1. The SMILES string of the molecule is O=C(Nc1ccc(N2CCCCC2)cc1)c1ncc[nH]1. The Kier molecular flexibility index (Phi) is 3.67. The van der Waals surface area contributed by atoms with E-state index in [1.807, 2.05) is 12.1 Å². The minimum Gasteiger partial charge on any atom is -0.372 e. The molecule has 3 rings (SSSR count). The summed E-state index contributed by atoms with van der Waals surface area (Å²) in [7, 11) is 0. The first-order valence-electron chi connectivity index (χ1n) is 6.99. The van der Waals surface area contributed by atoms with E-state index in [0.717, 1.165) is 18.8 Å². The molecule has 0 aliphatic carbocycles. The molecule has 104 valence electrons. The molecule has 1 fully saturated rings. The largest absolute Gasteiger partial charge is 0.372 e. The van der Waals surface area contributed by atoms with Gasteiger partial charge in [0.25, 0.3) is 5.91 Å². The third kappa shape index (κ3) is 2.82. The summed E-state index contributed by atoms with van der Waals surface area (Å²) in [5, 5.41) is 2.82. The number of nitrogens with one attached hydrogen (secondary N) is 2. The van der Waals surface area contributed by atoms with Crippen LogP contribution in [0.4, 0.5) is 11.4 Å². The van der Waals surface area contributed by atoms with Crippen molar-refractivity contribution in [2.45, 2.75) is 19.3 Å². The Morgan fingerprint density at radius 1 is 1.15 bits per heavy atom. The second-order valence-electron chi connectivity index (χ2n) is 4.99. The molecule has 1 aromatic heterocycles. The topological polar surface area (TPSA) is 61.0 Å². The number of imidazole rings is 1. The molecule has 1 aliphatic heterocycles. The molecule has 5 nitrogen and oxygen atoms in total. The van der Waals surface area contributed by atoms with Gasteiger partial charge in [-0.1, -0.05) is 0 Å². The fraction of sp³-hybridized carbons (Fsp3) is 0.333. The van der Waals surface area contributed by atoms with Crippen molar-refractivity contribution in [1.29, 1.82) is 0 Å². The summed E-state index contributed by atoms with van der Waals surface area (Å²) < 4.78 is 0. The van der Waals surface area contributed by atoms with Gasteiger partial charge in [0.15, 0.2) is 5.82 Å². The molecule has 0 unspecified atom stereocenters. The molecule has 20 heavy (non-hydrogen) atoms. The van der Waals surface area contributed by atoms with E-state index in [0.29, 0.717) is 5.82 Å². The number of H-pyrrole nitrogens is 1. The minimum absolute atomic E-state index is 0.222. The number of amides is 1. The molecule has 2 aromatic rings. The molecular weight excluding hydrogens is 252 g/mol. The standard InChI is InChI=1S/C15H18N4O/c20-15(14-16-8-9-17-14)18-12-4-6-13(7-5-12)19-10-2-1-3-11-19/h4-9H,1-3,10-11H2,(H,16,17)(H,18,20). The number of anilines is 2. The van der Waals surface area contributed by atoms with Crippen molar-refractivity contribution in [2.75, 3.05) is 23.3 Å². The summed E-state index contributed by atoms with van der Waals surface area (Å²) in [5.74, 6) is 0.103. The monoisotopic (exact) mass is 270 g/mol. The van der Waals surface area contributed by atoms with Crippen LogP contribution in [0.25, 0.3) is 0 Å². The fourth-order valence-electron chi connectivity index (χ4n) is 2.49. The normalized spacial score (nSPS) is 15.1. The third-order valence-corrected chi connectivity index (χ3v) is 3.56. The molecule has 5 heteroatoms. The summed E-state index contributed by atoms with van der Waals surface area (Å²) in [5.41, 5.74) is 2.01. The summed E-state index contributed by atoms with van der Waals surface area (Å²) in [6.07, 6.45) is 7.05. The lowest BCUT2D eigenvalue weighted by molar-refractivity contribution is 0.101. The summed E-state index contributed by atoms with van der Waals surface area (Å²) in [6.45, 7) is 2.25. The van der Waals surface area contributed by atoms with Crippen LogP contribution in [0, 0.1) is 0 Å². The minimum atomic E-state index is -0.222. The summed E-state index contributed by atoms with van der Waals surface area (Å²) in [6, 6.07) is 7.99. The molecule has 2 heterocycles. The highest BCUT2D eigenvalue weighted by Gasteiger charge is 2.11. The van der Waals surface area contributed by atoms with Gasteiger partial charge in [-0.3, -0.25) is 4.79 Å². The predicted molar refractivity (Wildman–Crippen MR) is 79.0 cm³/mol. The lowest BCUT2D eigenvalue weighted by Crippen LogP contribution is -2.29. The van der Waals surface area contributed by atoms with Crippen LogP contribution in [0.2, 0.25) is 0 Å². The first kappa shape index (κ1) is 12.7. The lowest BCUT2D eigenvalue weighted by atomic mass is 10.1. The first-order valence-corrected chi connectivity index (χ1v) is 6.99. The number of hydrogen-bond acceptors (Lipinski definition) is 3. The highest BCUT2D eigenvalue weighted by Crippen LogP contribution is 2.21. The zero-order valence-corrected chi connectivity index (χ0v) is 11.3. The molecule has 0 atom stereocenters. The van der Waals surface area contributed by atoms with Crippen LogP contribution < -0.4 is 10.2 Å². The van der Waals surface area contributed by atoms with Crippen LogP contribution in [0.1, 0.15) is 29.9 Å². The van der Waals surface area contributed by atoms with Gasteiger partial charge in [-0.25, -0.2) is 4.98 Å². The molecule has 0 radical (unpaired) electrons. The Morgan fingerprint density at radius 2 is 1.90 bits per heavy atom. The van der Waals surface area contributed by atoms with Gasteiger partial charge >= 0.3 is 0 Å². The molecule has 2 N–H and O–H groups in total. The van der Waals surface area contributed by atoms with E-state index >= 15 is 0 Å². The van der Waals surface area contributed by atoms with Crippen molar-refractivity contribution in [3.8, 4) is 0 Å². The third-order valence-electron chi connectivity index (χ3n) is 3.56. The van der Waals surface area contributed by atoms with Crippen molar-refractivity contribution in [3.63, 3.8) is 0 Å². The summed E-state index contributed by atoms with van der Waals surface area (Å²) >= 11 is 0. The maximum Gasteiger partial charge on any atom is 0.291 e. The van der Waals surface area contributed by atoms with E-state index in [4.69, 9.17) is 0 Å². The van der Waals surface area contributed by atoms with Crippen LogP contribution >= 0.6 is 0 Å². The average Bonchev–Trinajstić information content (AvgIpc) is 3.03. The van der Waals surface area contributed by atoms with Crippen molar-refractivity contribution in [3.05, 3.63) is 42.5 Å². The van der Waals surface area contributed by atoms with Gasteiger partial charge in [0.05, 0.1) is 0 Å². The predicted octanol–water partition coefficient (Wildman–Crippen LogP) is 2.65. The Morgan fingerprint density at radius 3 is 2.55 bits per heavy atom. The van der Waals surface area contributed by atoms with Gasteiger partial charge in [0, 0.05) is 36.9 Å². The van der Waals surface area contributed by atoms with Crippen molar-refractivity contribution >= 4 is 17.3 Å². The molecular formula is C15H18N4O. The van der Waals surface area contributed by atoms with Crippen molar-refractivity contribution in [1.82, 2.24) is 9.97 Å². The Bertz CT molecular complexity index is 556. The zero-order valence-electron chi connectivity index (χ0n) is 11.3. The molecule has 1 aromatic carbocycles. The number of hydrogen-bond donors (Lipinski definition) is 2. The molecule has 0 spiro atoms. The average molecular weight is 270 g/mol. The van der Waals surface area contributed by atoms with E-state index in [-0.39, 0.29) is 5.91 Å². The van der Waals surface area contributed by atoms with Crippen LogP contribution in [0.3, 0.4) is 0 Å². The molecule has 0 saturated carbocycles. The van der Waals surface area contributed by atoms with Crippen molar-refractivity contribution < 1.29 is 4.79 Å². The number of aromatic amines is 1. The quantitative estimate of drug-likeness (QED) is 0.901. The van der Waals surface area contributed by atoms with E-state index < -0.39 is 0 Å². The van der Waals surface area contributed by atoms with Gasteiger partial charge in [0.1, 0.15) is 0 Å². The van der Waals surface area contributed by atoms with Crippen LogP contribution in [0.5, 0.6) is 0 Å². The second kappa shape index (κ2) is 5.77. The Balaban J connectivity index is 1.65. The maximum absolute atomic E-state index is 11.8.